The lowest BCUT2D eigenvalue weighted by Crippen LogP contribution is -2.48. The second kappa shape index (κ2) is 7.28. The Hall–Kier alpha value is -1.56. The van der Waals surface area contributed by atoms with Gasteiger partial charge in [-0.3, -0.25) is 10.00 Å². The summed E-state index contributed by atoms with van der Waals surface area (Å²) in [6, 6.07) is 1.62. The zero-order valence-electron chi connectivity index (χ0n) is 12.9. The molecular weight excluding hydrogens is 256 g/mol. The summed E-state index contributed by atoms with van der Waals surface area (Å²) in [5, 5.41) is 19.1. The number of aliphatic hydroxyl groups excluding tert-OH is 1. The Bertz CT molecular complexity index is 444. The van der Waals surface area contributed by atoms with Crippen LogP contribution >= 0.6 is 0 Å². The fraction of sp³-hybridized carbons (Fsp3) is 0.714. The van der Waals surface area contributed by atoms with E-state index in [1.54, 1.807) is 4.68 Å². The molecule has 1 heterocycles. The minimum absolute atomic E-state index is 0.0526. The molecule has 0 aromatic carbocycles. The van der Waals surface area contributed by atoms with Crippen molar-refractivity contribution in [3.05, 3.63) is 11.8 Å². The Labute approximate surface area is 120 Å². The van der Waals surface area contributed by atoms with E-state index in [-0.39, 0.29) is 12.6 Å². The molecule has 0 bridgehead atoms. The molecule has 0 radical (unpaired) electrons. The third-order valence-corrected chi connectivity index (χ3v) is 3.54. The average molecular weight is 282 g/mol. The number of rotatable bonds is 7. The number of urea groups is 1. The van der Waals surface area contributed by atoms with Gasteiger partial charge in [-0.1, -0.05) is 20.3 Å². The zero-order valence-corrected chi connectivity index (χ0v) is 12.9. The molecule has 6 nitrogen and oxygen atoms in total. The maximum absolute atomic E-state index is 12.0. The second-order valence-electron chi connectivity index (χ2n) is 5.36. The van der Waals surface area contributed by atoms with Gasteiger partial charge in [-0.05, 0) is 26.2 Å². The maximum Gasteiger partial charge on any atom is 0.320 e. The summed E-state index contributed by atoms with van der Waals surface area (Å²) in [5.41, 5.74) is 0.572. The van der Waals surface area contributed by atoms with Gasteiger partial charge in [0.2, 0.25) is 0 Å². The van der Waals surface area contributed by atoms with E-state index >= 15 is 0 Å². The SMILES string of the molecule is CCCc1cc(NC(=O)NC(C)(CC)CCO)n(C)n1. The van der Waals surface area contributed by atoms with Crippen molar-refractivity contribution in [2.45, 2.75) is 52.0 Å². The molecule has 0 saturated heterocycles. The van der Waals surface area contributed by atoms with Crippen molar-refractivity contribution in [2.24, 2.45) is 7.05 Å². The Balaban J connectivity index is 2.66. The number of nitrogens with zero attached hydrogens (tertiary/aromatic N) is 2. The highest BCUT2D eigenvalue weighted by Gasteiger charge is 2.24. The van der Waals surface area contributed by atoms with Crippen LogP contribution in [-0.4, -0.2) is 33.1 Å². The van der Waals surface area contributed by atoms with Gasteiger partial charge in [0.25, 0.3) is 0 Å². The largest absolute Gasteiger partial charge is 0.396 e. The minimum atomic E-state index is -0.399. The van der Waals surface area contributed by atoms with Crippen LogP contribution < -0.4 is 10.6 Å². The van der Waals surface area contributed by atoms with Crippen molar-refractivity contribution in [1.29, 1.82) is 0 Å². The van der Waals surface area contributed by atoms with Crippen LogP contribution in [0.1, 0.15) is 45.7 Å². The molecule has 0 spiro atoms. The summed E-state index contributed by atoms with van der Waals surface area (Å²) < 4.78 is 1.67. The van der Waals surface area contributed by atoms with E-state index in [9.17, 15) is 4.79 Å². The van der Waals surface area contributed by atoms with Crippen LogP contribution in [0.3, 0.4) is 0 Å². The van der Waals surface area contributed by atoms with Gasteiger partial charge in [-0.15, -0.1) is 0 Å². The van der Waals surface area contributed by atoms with E-state index in [2.05, 4.69) is 22.7 Å². The fourth-order valence-electron chi connectivity index (χ4n) is 2.02. The molecule has 1 unspecified atom stereocenters. The molecule has 0 aliphatic rings. The van der Waals surface area contributed by atoms with Crippen molar-refractivity contribution in [3.63, 3.8) is 0 Å². The second-order valence-corrected chi connectivity index (χ2v) is 5.36. The number of aliphatic hydroxyl groups is 1. The van der Waals surface area contributed by atoms with Crippen molar-refractivity contribution in [2.75, 3.05) is 11.9 Å². The van der Waals surface area contributed by atoms with E-state index in [4.69, 9.17) is 5.11 Å². The molecule has 1 aromatic rings. The molecule has 2 amide bonds. The van der Waals surface area contributed by atoms with Crippen molar-refractivity contribution in [3.8, 4) is 0 Å². The minimum Gasteiger partial charge on any atom is -0.396 e. The summed E-state index contributed by atoms with van der Waals surface area (Å²) in [7, 11) is 1.81. The Morgan fingerprint density at radius 1 is 1.50 bits per heavy atom. The van der Waals surface area contributed by atoms with Gasteiger partial charge in [-0.25, -0.2) is 4.79 Å². The molecule has 6 heteroatoms. The molecule has 0 aliphatic carbocycles. The lowest BCUT2D eigenvalue weighted by Gasteiger charge is -2.28. The third kappa shape index (κ3) is 4.52. The summed E-state index contributed by atoms with van der Waals surface area (Å²) in [6.07, 6.45) is 3.21. The van der Waals surface area contributed by atoms with E-state index in [0.29, 0.717) is 12.2 Å². The molecule has 114 valence electrons. The van der Waals surface area contributed by atoms with E-state index < -0.39 is 5.54 Å². The van der Waals surface area contributed by atoms with Gasteiger partial charge in [0.1, 0.15) is 5.82 Å². The van der Waals surface area contributed by atoms with Gasteiger partial charge in [0.15, 0.2) is 0 Å². The maximum atomic E-state index is 12.0. The smallest absolute Gasteiger partial charge is 0.320 e. The number of aromatic nitrogens is 2. The number of carbonyl (C=O) groups excluding carboxylic acids is 1. The summed E-state index contributed by atoms with van der Waals surface area (Å²) in [4.78, 5) is 12.0. The summed E-state index contributed by atoms with van der Waals surface area (Å²) in [5.74, 6) is 0.674. The predicted octanol–water partition coefficient (Wildman–Crippen LogP) is 2.05. The van der Waals surface area contributed by atoms with Crippen LogP contribution in [0.5, 0.6) is 0 Å². The van der Waals surface area contributed by atoms with E-state index in [1.807, 2.05) is 27.0 Å². The van der Waals surface area contributed by atoms with Gasteiger partial charge >= 0.3 is 6.03 Å². The van der Waals surface area contributed by atoms with Gasteiger partial charge in [-0.2, -0.15) is 5.10 Å². The lowest BCUT2D eigenvalue weighted by molar-refractivity contribution is 0.208. The van der Waals surface area contributed by atoms with Crippen LogP contribution in [0, 0.1) is 0 Å². The van der Waals surface area contributed by atoms with Crippen molar-refractivity contribution in [1.82, 2.24) is 15.1 Å². The molecule has 0 aliphatic heterocycles. The molecule has 0 fully saturated rings. The molecule has 1 aromatic heterocycles. The zero-order chi connectivity index (χ0) is 15.2. The van der Waals surface area contributed by atoms with Crippen LogP contribution in [0.15, 0.2) is 6.07 Å². The normalized spacial score (nSPS) is 13.8. The summed E-state index contributed by atoms with van der Waals surface area (Å²) in [6.45, 7) is 6.06. The molecule has 1 rings (SSSR count). The lowest BCUT2D eigenvalue weighted by atomic mass is 9.95. The first-order valence-corrected chi connectivity index (χ1v) is 7.17. The number of carbonyl (C=O) groups is 1. The van der Waals surface area contributed by atoms with Crippen LogP contribution in [0.2, 0.25) is 0 Å². The van der Waals surface area contributed by atoms with E-state index in [0.717, 1.165) is 25.0 Å². The Kier molecular flexibility index (Phi) is 6.01. The molecular formula is C14H26N4O2. The van der Waals surface area contributed by atoms with Crippen LogP contribution in [0.25, 0.3) is 0 Å². The van der Waals surface area contributed by atoms with E-state index in [1.165, 1.54) is 0 Å². The van der Waals surface area contributed by atoms with Gasteiger partial charge in [0, 0.05) is 25.3 Å². The van der Waals surface area contributed by atoms with Gasteiger partial charge < -0.3 is 10.4 Å². The van der Waals surface area contributed by atoms with Gasteiger partial charge in [0.05, 0.1) is 5.69 Å². The highest BCUT2D eigenvalue weighted by Crippen LogP contribution is 2.15. The monoisotopic (exact) mass is 282 g/mol. The van der Waals surface area contributed by atoms with Crippen molar-refractivity contribution >= 4 is 11.8 Å². The molecule has 0 saturated carbocycles. The summed E-state index contributed by atoms with van der Waals surface area (Å²) >= 11 is 0. The Morgan fingerprint density at radius 3 is 2.75 bits per heavy atom. The standard InChI is InChI=1S/C14H26N4O2/c1-5-7-11-10-12(18(4)17-11)15-13(20)16-14(3,6-2)8-9-19/h10,19H,5-9H2,1-4H3,(H2,15,16,20). The highest BCUT2D eigenvalue weighted by molar-refractivity contribution is 5.88. The number of nitrogens with one attached hydrogen (secondary N) is 2. The Morgan fingerprint density at radius 2 is 2.20 bits per heavy atom. The van der Waals surface area contributed by atoms with Crippen molar-refractivity contribution < 1.29 is 9.90 Å². The first-order chi connectivity index (χ1) is 9.44. The topological polar surface area (TPSA) is 79.2 Å². The van der Waals surface area contributed by atoms with Crippen LogP contribution in [-0.2, 0) is 13.5 Å². The van der Waals surface area contributed by atoms with Crippen LogP contribution in [0.4, 0.5) is 10.6 Å². The number of anilines is 1. The predicted molar refractivity (Wildman–Crippen MR) is 79.8 cm³/mol. The fourth-order valence-corrected chi connectivity index (χ4v) is 2.02. The number of hydrogen-bond donors (Lipinski definition) is 3. The third-order valence-electron chi connectivity index (χ3n) is 3.54. The molecule has 20 heavy (non-hydrogen) atoms. The quantitative estimate of drug-likeness (QED) is 0.716. The highest BCUT2D eigenvalue weighted by atomic mass is 16.3. The number of hydrogen-bond acceptors (Lipinski definition) is 3. The first kappa shape index (κ1) is 16.5. The first-order valence-electron chi connectivity index (χ1n) is 7.17. The average Bonchev–Trinajstić information content (AvgIpc) is 2.70. The number of amides is 2. The molecule has 3 N–H and O–H groups in total. The molecule has 1 atom stereocenters. The number of aryl methyl sites for hydroxylation is 2.